The topological polar surface area (TPSA) is 64.7 Å². The zero-order chi connectivity index (χ0) is 21.3. The fourth-order valence-corrected chi connectivity index (χ4v) is 4.53. The van der Waals surface area contributed by atoms with Gasteiger partial charge in [0.15, 0.2) is 5.13 Å². The highest BCUT2D eigenvalue weighted by atomic mass is 32.1. The lowest BCUT2D eigenvalue weighted by atomic mass is 10.1. The molecular formula is C23H25N5OS. The molecule has 3 heterocycles. The lowest BCUT2D eigenvalue weighted by Gasteiger charge is -2.08. The van der Waals surface area contributed by atoms with Crippen molar-refractivity contribution in [2.75, 3.05) is 0 Å². The molecule has 6 nitrogen and oxygen atoms in total. The molecule has 4 rings (SSSR count). The van der Waals surface area contributed by atoms with Gasteiger partial charge in [0.25, 0.3) is 5.91 Å². The molecule has 1 amide bonds. The van der Waals surface area contributed by atoms with Crippen LogP contribution in [0.3, 0.4) is 0 Å². The summed E-state index contributed by atoms with van der Waals surface area (Å²) in [6.07, 6.45) is 1.78. The molecule has 0 bridgehead atoms. The molecule has 0 fully saturated rings. The summed E-state index contributed by atoms with van der Waals surface area (Å²) < 4.78 is 4.02. The lowest BCUT2D eigenvalue weighted by Crippen LogP contribution is -2.24. The number of hydrogen-bond donors (Lipinski definition) is 1. The third-order valence-electron chi connectivity index (χ3n) is 5.42. The molecule has 0 aliphatic carbocycles. The number of benzene rings is 1. The van der Waals surface area contributed by atoms with Gasteiger partial charge in [-0.25, -0.2) is 4.98 Å². The van der Waals surface area contributed by atoms with Gasteiger partial charge in [-0.3, -0.25) is 14.0 Å². The normalized spacial score (nSPS) is 11.1. The van der Waals surface area contributed by atoms with E-state index >= 15 is 0 Å². The summed E-state index contributed by atoms with van der Waals surface area (Å²) in [6.45, 7) is 9.16. The monoisotopic (exact) mass is 419 g/mol. The van der Waals surface area contributed by atoms with Gasteiger partial charge in [0.2, 0.25) is 0 Å². The highest BCUT2D eigenvalue weighted by molar-refractivity contribution is 7.12. The van der Waals surface area contributed by atoms with Crippen molar-refractivity contribution in [2.45, 2.75) is 40.8 Å². The molecule has 30 heavy (non-hydrogen) atoms. The van der Waals surface area contributed by atoms with Crippen LogP contribution in [0.4, 0.5) is 0 Å². The fraction of sp³-hybridized carbons (Fsp3) is 0.261. The number of amides is 1. The molecule has 0 saturated carbocycles. The predicted molar refractivity (Wildman–Crippen MR) is 119 cm³/mol. The van der Waals surface area contributed by atoms with Gasteiger partial charge in [0.1, 0.15) is 0 Å². The number of carbonyl (C=O) groups excluding carboxylic acids is 1. The van der Waals surface area contributed by atoms with Gasteiger partial charge in [0.05, 0.1) is 17.8 Å². The molecular weight excluding hydrogens is 394 g/mol. The smallest absolute Gasteiger partial charge is 0.253 e. The van der Waals surface area contributed by atoms with E-state index < -0.39 is 0 Å². The molecule has 1 aromatic carbocycles. The predicted octanol–water partition coefficient (Wildman–Crippen LogP) is 4.34. The van der Waals surface area contributed by atoms with Gasteiger partial charge in [-0.1, -0.05) is 30.3 Å². The Morgan fingerprint density at radius 2 is 1.87 bits per heavy atom. The van der Waals surface area contributed by atoms with Gasteiger partial charge in [-0.15, -0.1) is 11.3 Å². The van der Waals surface area contributed by atoms with E-state index in [-0.39, 0.29) is 5.91 Å². The maximum Gasteiger partial charge on any atom is 0.253 e. The van der Waals surface area contributed by atoms with Crippen LogP contribution in [-0.4, -0.2) is 25.2 Å². The van der Waals surface area contributed by atoms with Crippen LogP contribution in [0.1, 0.15) is 44.3 Å². The first-order valence-electron chi connectivity index (χ1n) is 9.89. The summed E-state index contributed by atoms with van der Waals surface area (Å²) in [5.74, 6) is -0.0829. The first-order chi connectivity index (χ1) is 14.5. The molecule has 0 aliphatic heterocycles. The van der Waals surface area contributed by atoms with Crippen molar-refractivity contribution < 1.29 is 4.79 Å². The van der Waals surface area contributed by atoms with E-state index in [9.17, 15) is 4.79 Å². The Morgan fingerprint density at radius 3 is 2.57 bits per heavy atom. The Kier molecular flexibility index (Phi) is 5.55. The second-order valence-corrected chi connectivity index (χ2v) is 8.28. The number of carbonyl (C=O) groups is 1. The van der Waals surface area contributed by atoms with Crippen molar-refractivity contribution in [1.82, 2.24) is 24.6 Å². The molecule has 0 atom stereocenters. The van der Waals surface area contributed by atoms with Crippen LogP contribution >= 0.6 is 11.3 Å². The highest BCUT2D eigenvalue weighted by Crippen LogP contribution is 2.22. The molecule has 0 spiro atoms. The number of hydrogen-bond acceptors (Lipinski definition) is 4. The molecule has 0 unspecified atom stereocenters. The Morgan fingerprint density at radius 1 is 1.10 bits per heavy atom. The average Bonchev–Trinajstić information content (AvgIpc) is 3.41. The zero-order valence-electron chi connectivity index (χ0n) is 17.6. The molecule has 1 N–H and O–H groups in total. The maximum atomic E-state index is 12.9. The average molecular weight is 420 g/mol. The van der Waals surface area contributed by atoms with Gasteiger partial charge in [-0.2, -0.15) is 5.10 Å². The number of thiazole rings is 1. The van der Waals surface area contributed by atoms with Crippen LogP contribution in [0.2, 0.25) is 0 Å². The largest absolute Gasteiger partial charge is 0.348 e. The maximum absolute atomic E-state index is 12.9. The van der Waals surface area contributed by atoms with Crippen molar-refractivity contribution in [2.24, 2.45) is 0 Å². The highest BCUT2D eigenvalue weighted by Gasteiger charge is 2.19. The van der Waals surface area contributed by atoms with E-state index in [1.807, 2.05) is 59.7 Å². The minimum absolute atomic E-state index is 0.0829. The number of nitrogens with one attached hydrogen (secondary N) is 1. The van der Waals surface area contributed by atoms with E-state index in [1.165, 1.54) is 5.56 Å². The Labute approximate surface area is 180 Å². The minimum atomic E-state index is -0.0829. The third kappa shape index (κ3) is 3.80. The molecule has 3 aromatic heterocycles. The molecule has 7 heteroatoms. The minimum Gasteiger partial charge on any atom is -0.348 e. The first-order valence-corrected chi connectivity index (χ1v) is 10.8. The van der Waals surface area contributed by atoms with Gasteiger partial charge in [-0.05, 0) is 39.3 Å². The van der Waals surface area contributed by atoms with Crippen molar-refractivity contribution in [3.8, 4) is 5.13 Å². The van der Waals surface area contributed by atoms with E-state index in [2.05, 4.69) is 34.5 Å². The molecule has 0 radical (unpaired) electrons. The summed E-state index contributed by atoms with van der Waals surface area (Å²) in [4.78, 5) is 17.3. The SMILES string of the molecule is Cc1nn(Cc2ccccc2)c(C)c1CNC(=O)c1cc(C)n(-c2nccs2)c1C. The standard InChI is InChI=1S/C23H25N5OS/c1-15-12-20(18(4)28(15)23-24-10-11-30-23)22(29)25-13-21-16(2)26-27(17(21)3)14-19-8-6-5-7-9-19/h5-12H,13-14H2,1-4H3,(H,25,29). The third-order valence-corrected chi connectivity index (χ3v) is 6.18. The van der Waals surface area contributed by atoms with Crippen molar-refractivity contribution in [1.29, 1.82) is 0 Å². The van der Waals surface area contributed by atoms with Crippen LogP contribution in [0.5, 0.6) is 0 Å². The van der Waals surface area contributed by atoms with Crippen LogP contribution in [0, 0.1) is 27.7 Å². The van der Waals surface area contributed by atoms with E-state index in [0.29, 0.717) is 12.1 Å². The summed E-state index contributed by atoms with van der Waals surface area (Å²) >= 11 is 1.56. The zero-order valence-corrected chi connectivity index (χ0v) is 18.5. The van der Waals surface area contributed by atoms with Crippen LogP contribution in [0.15, 0.2) is 48.0 Å². The quantitative estimate of drug-likeness (QED) is 0.506. The summed E-state index contributed by atoms with van der Waals surface area (Å²) in [6, 6.07) is 12.2. The van der Waals surface area contributed by atoms with E-state index in [4.69, 9.17) is 0 Å². The second kappa shape index (κ2) is 8.28. The molecule has 0 aliphatic rings. The summed E-state index contributed by atoms with van der Waals surface area (Å²) in [5.41, 5.74) is 6.85. The van der Waals surface area contributed by atoms with E-state index in [1.54, 1.807) is 17.5 Å². The van der Waals surface area contributed by atoms with Gasteiger partial charge < -0.3 is 5.32 Å². The first kappa shape index (κ1) is 20.1. The Hall–Kier alpha value is -3.19. The van der Waals surface area contributed by atoms with Crippen molar-refractivity contribution in [3.05, 3.63) is 87.4 Å². The molecule has 4 aromatic rings. The lowest BCUT2D eigenvalue weighted by molar-refractivity contribution is 0.0950. The van der Waals surface area contributed by atoms with Crippen LogP contribution in [-0.2, 0) is 13.1 Å². The summed E-state index contributed by atoms with van der Waals surface area (Å²) in [7, 11) is 0. The van der Waals surface area contributed by atoms with Gasteiger partial charge in [0, 0.05) is 40.8 Å². The van der Waals surface area contributed by atoms with Crippen molar-refractivity contribution >= 4 is 17.2 Å². The Bertz CT molecular complexity index is 1170. The fourth-order valence-electron chi connectivity index (χ4n) is 3.78. The summed E-state index contributed by atoms with van der Waals surface area (Å²) in [5, 5.41) is 10.6. The number of nitrogens with zero attached hydrogens (tertiary/aromatic N) is 4. The molecule has 154 valence electrons. The number of rotatable bonds is 6. The Balaban J connectivity index is 1.50. The van der Waals surface area contributed by atoms with E-state index in [0.717, 1.165) is 40.0 Å². The van der Waals surface area contributed by atoms with Crippen LogP contribution in [0.25, 0.3) is 5.13 Å². The van der Waals surface area contributed by atoms with Gasteiger partial charge >= 0.3 is 0 Å². The van der Waals surface area contributed by atoms with Crippen molar-refractivity contribution in [3.63, 3.8) is 0 Å². The molecule has 0 saturated heterocycles. The van der Waals surface area contributed by atoms with Crippen LogP contribution < -0.4 is 5.32 Å². The number of aryl methyl sites for hydroxylation is 2. The second-order valence-electron chi connectivity index (χ2n) is 7.41. The number of aromatic nitrogens is 4.